The van der Waals surface area contributed by atoms with Crippen molar-refractivity contribution in [1.82, 2.24) is 18.4 Å². The summed E-state index contributed by atoms with van der Waals surface area (Å²) in [5.41, 5.74) is 5.16. The molecular formula is C34H31FN4O4S2. The van der Waals surface area contributed by atoms with Crippen LogP contribution in [-0.4, -0.2) is 48.3 Å². The van der Waals surface area contributed by atoms with Crippen molar-refractivity contribution >= 4 is 20.0 Å². The van der Waals surface area contributed by atoms with Crippen LogP contribution in [0.2, 0.25) is 0 Å². The van der Waals surface area contributed by atoms with E-state index in [1.807, 2.05) is 32.0 Å². The molecule has 0 radical (unpaired) electrons. The van der Waals surface area contributed by atoms with Crippen molar-refractivity contribution in [2.75, 3.05) is 13.1 Å². The van der Waals surface area contributed by atoms with Gasteiger partial charge in [0.2, 0.25) is 10.0 Å². The monoisotopic (exact) mass is 642 g/mol. The molecule has 1 aromatic heterocycles. The van der Waals surface area contributed by atoms with E-state index in [4.69, 9.17) is 0 Å². The highest BCUT2D eigenvalue weighted by Crippen LogP contribution is 2.48. The Labute approximate surface area is 262 Å². The van der Waals surface area contributed by atoms with Crippen molar-refractivity contribution in [3.63, 3.8) is 0 Å². The molecule has 7 rings (SSSR count). The number of hydrogen-bond donors (Lipinski definition) is 0. The second-order valence-corrected chi connectivity index (χ2v) is 15.3. The summed E-state index contributed by atoms with van der Waals surface area (Å²) in [5.74, 6) is -0.454. The summed E-state index contributed by atoms with van der Waals surface area (Å²) in [6, 6.07) is 26.5. The van der Waals surface area contributed by atoms with E-state index in [1.165, 1.54) is 46.9 Å². The molecule has 2 atom stereocenters. The minimum absolute atomic E-state index is 0.0492. The van der Waals surface area contributed by atoms with Crippen molar-refractivity contribution < 1.29 is 21.2 Å². The van der Waals surface area contributed by atoms with Crippen LogP contribution in [0.1, 0.15) is 40.0 Å². The largest absolute Gasteiger partial charge is 0.282 e. The van der Waals surface area contributed by atoms with Gasteiger partial charge in [0.25, 0.3) is 10.0 Å². The minimum Gasteiger partial charge on any atom is -0.274 e. The predicted octanol–water partition coefficient (Wildman–Crippen LogP) is 5.85. The van der Waals surface area contributed by atoms with Crippen LogP contribution in [0.15, 0.2) is 113 Å². The Morgan fingerprint density at radius 3 is 1.98 bits per heavy atom. The first-order chi connectivity index (χ1) is 21.5. The second-order valence-electron chi connectivity index (χ2n) is 11.6. The third kappa shape index (κ3) is 5.09. The molecule has 45 heavy (non-hydrogen) atoms. The molecule has 230 valence electrons. The fourth-order valence-corrected chi connectivity index (χ4v) is 9.06. The lowest BCUT2D eigenvalue weighted by molar-refractivity contribution is 0.155. The molecule has 2 aliphatic rings. The third-order valence-electron chi connectivity index (χ3n) is 8.70. The van der Waals surface area contributed by atoms with Crippen LogP contribution in [0.5, 0.6) is 0 Å². The Morgan fingerprint density at radius 2 is 1.33 bits per heavy atom. The van der Waals surface area contributed by atoms with Crippen LogP contribution in [0.4, 0.5) is 4.39 Å². The van der Waals surface area contributed by atoms with Gasteiger partial charge < -0.3 is 0 Å². The lowest BCUT2D eigenvalue weighted by atomic mass is 9.93. The van der Waals surface area contributed by atoms with Crippen LogP contribution in [0, 0.1) is 19.7 Å². The first-order valence-electron chi connectivity index (χ1n) is 14.6. The van der Waals surface area contributed by atoms with Gasteiger partial charge in [0.1, 0.15) is 12.0 Å². The van der Waals surface area contributed by atoms with E-state index in [1.54, 1.807) is 36.4 Å². The van der Waals surface area contributed by atoms with Crippen LogP contribution < -0.4 is 0 Å². The van der Waals surface area contributed by atoms with E-state index in [9.17, 15) is 21.2 Å². The van der Waals surface area contributed by atoms with Crippen molar-refractivity contribution in [3.8, 4) is 11.3 Å². The van der Waals surface area contributed by atoms with Crippen molar-refractivity contribution in [1.29, 1.82) is 0 Å². The Kier molecular flexibility index (Phi) is 7.24. The number of aryl methyl sites for hydroxylation is 2. The first kappa shape index (κ1) is 29.5. The number of halogens is 1. The van der Waals surface area contributed by atoms with Gasteiger partial charge in [0.15, 0.2) is 0 Å². The normalized spacial score (nSPS) is 18.9. The third-order valence-corrected chi connectivity index (χ3v) is 12.1. The first-order valence-corrected chi connectivity index (χ1v) is 17.5. The Hall–Kier alpha value is -4.16. The number of fused-ring (bicyclic) bond motifs is 3. The summed E-state index contributed by atoms with van der Waals surface area (Å²) in [6.45, 7) is 4.47. The van der Waals surface area contributed by atoms with Crippen molar-refractivity contribution in [3.05, 3.63) is 137 Å². The molecule has 11 heteroatoms. The van der Waals surface area contributed by atoms with E-state index in [2.05, 4.69) is 16.1 Å². The number of rotatable bonds is 6. The van der Waals surface area contributed by atoms with Gasteiger partial charge in [-0.1, -0.05) is 59.7 Å². The SMILES string of the molecule is Cc1ccc(S(=O)(=O)N2C[C@@H]3c4ccccc4CCN3[C@H]2c2cn(S(=O)(=O)c3ccc(C)cc3)nc2-c2ccc(F)cc2)cc1. The topological polar surface area (TPSA) is 92.6 Å². The molecule has 0 saturated carbocycles. The molecule has 0 unspecified atom stereocenters. The maximum absolute atomic E-state index is 14.4. The van der Waals surface area contributed by atoms with E-state index >= 15 is 0 Å². The number of benzene rings is 4. The van der Waals surface area contributed by atoms with Gasteiger partial charge in [-0.2, -0.15) is 21.9 Å². The fourth-order valence-electron chi connectivity index (χ4n) is 6.34. The van der Waals surface area contributed by atoms with E-state index in [-0.39, 0.29) is 28.1 Å². The zero-order chi connectivity index (χ0) is 31.5. The Bertz CT molecular complexity index is 2110. The molecule has 4 aromatic carbocycles. The number of hydrogen-bond acceptors (Lipinski definition) is 6. The molecule has 8 nitrogen and oxygen atoms in total. The van der Waals surface area contributed by atoms with Gasteiger partial charge >= 0.3 is 0 Å². The smallest absolute Gasteiger partial charge is 0.274 e. The highest BCUT2D eigenvalue weighted by molar-refractivity contribution is 7.90. The summed E-state index contributed by atoms with van der Waals surface area (Å²) >= 11 is 0. The molecule has 0 aliphatic carbocycles. The van der Waals surface area contributed by atoms with Crippen molar-refractivity contribution in [2.24, 2.45) is 0 Å². The highest BCUT2D eigenvalue weighted by atomic mass is 32.2. The predicted molar refractivity (Wildman–Crippen MR) is 169 cm³/mol. The zero-order valence-corrected chi connectivity index (χ0v) is 26.3. The molecular weight excluding hydrogens is 612 g/mol. The van der Waals surface area contributed by atoms with Gasteiger partial charge in [-0.05, 0) is 79.9 Å². The average molecular weight is 643 g/mol. The summed E-state index contributed by atoms with van der Waals surface area (Å²) in [5, 5.41) is 4.57. The Balaban J connectivity index is 1.44. The highest BCUT2D eigenvalue weighted by Gasteiger charge is 2.50. The van der Waals surface area contributed by atoms with E-state index < -0.39 is 32.0 Å². The molecule has 1 saturated heterocycles. The van der Waals surface area contributed by atoms with Crippen LogP contribution in [-0.2, 0) is 26.5 Å². The maximum atomic E-state index is 14.4. The molecule has 2 aliphatic heterocycles. The number of sulfonamides is 1. The molecule has 0 N–H and O–H groups in total. The molecule has 1 fully saturated rings. The van der Waals surface area contributed by atoms with Gasteiger partial charge in [0, 0.05) is 30.4 Å². The van der Waals surface area contributed by atoms with Gasteiger partial charge in [-0.25, -0.2) is 12.8 Å². The van der Waals surface area contributed by atoms with E-state index in [0.29, 0.717) is 24.1 Å². The Morgan fingerprint density at radius 1 is 0.733 bits per heavy atom. The average Bonchev–Trinajstić information content (AvgIpc) is 3.65. The van der Waals surface area contributed by atoms with Gasteiger partial charge in [0.05, 0.1) is 21.5 Å². The van der Waals surface area contributed by atoms with Gasteiger partial charge in [-0.3, -0.25) is 4.90 Å². The maximum Gasteiger partial charge on any atom is 0.282 e. The lowest BCUT2D eigenvalue weighted by Gasteiger charge is -2.35. The van der Waals surface area contributed by atoms with Crippen LogP contribution in [0.3, 0.4) is 0 Å². The minimum atomic E-state index is -4.15. The standard InChI is InChI=1S/C34H31FN4O4S2/c1-23-7-15-28(16-8-23)44(40,41)38-22-32-30-6-4-3-5-25(30)19-20-37(32)34(38)31-21-39(36-33(31)26-11-13-27(35)14-12-26)45(42,43)29-17-9-24(2)10-18-29/h3-18,21,32,34H,19-20,22H2,1-2H3/t32-,34-/m1/s1. The molecule has 3 heterocycles. The summed E-state index contributed by atoms with van der Waals surface area (Å²) in [6.07, 6.45) is 1.24. The molecule has 0 bridgehead atoms. The molecule has 0 amide bonds. The van der Waals surface area contributed by atoms with Crippen molar-refractivity contribution in [2.45, 2.75) is 42.3 Å². The van der Waals surface area contributed by atoms with Crippen LogP contribution >= 0.6 is 0 Å². The van der Waals surface area contributed by atoms with Gasteiger partial charge in [-0.15, -0.1) is 0 Å². The van der Waals surface area contributed by atoms with Crippen LogP contribution in [0.25, 0.3) is 11.3 Å². The number of aromatic nitrogens is 2. The summed E-state index contributed by atoms with van der Waals surface area (Å²) < 4.78 is 73.0. The fraction of sp³-hybridized carbons (Fsp3) is 0.206. The lowest BCUT2D eigenvalue weighted by Crippen LogP contribution is -2.37. The second kappa shape index (κ2) is 11.0. The number of nitrogens with zero attached hydrogens (tertiary/aromatic N) is 4. The molecule has 5 aromatic rings. The summed E-state index contributed by atoms with van der Waals surface area (Å²) in [7, 11) is -8.20. The van der Waals surface area contributed by atoms with E-state index in [0.717, 1.165) is 26.3 Å². The summed E-state index contributed by atoms with van der Waals surface area (Å²) in [4.78, 5) is 2.31. The zero-order valence-electron chi connectivity index (χ0n) is 24.7. The quantitative estimate of drug-likeness (QED) is 0.231. The molecule has 0 spiro atoms.